The van der Waals surface area contributed by atoms with Crippen LogP contribution in [0.2, 0.25) is 0 Å². The fourth-order valence-electron chi connectivity index (χ4n) is 1.28. The van der Waals surface area contributed by atoms with E-state index in [1.807, 2.05) is 20.9 Å². The lowest BCUT2D eigenvalue weighted by Gasteiger charge is -2.12. The Hall–Kier alpha value is -1.04. The molecule has 0 unspecified atom stereocenters. The summed E-state index contributed by atoms with van der Waals surface area (Å²) in [7, 11) is 1.86. The molecule has 0 bridgehead atoms. The molecule has 0 fully saturated rings. The van der Waals surface area contributed by atoms with Crippen molar-refractivity contribution in [2.75, 3.05) is 0 Å². The Bertz CT molecular complexity index is 385. The van der Waals surface area contributed by atoms with Gasteiger partial charge in [-0.05, 0) is 13.8 Å². The lowest BCUT2D eigenvalue weighted by molar-refractivity contribution is 0.0123. The van der Waals surface area contributed by atoms with Gasteiger partial charge in [-0.2, -0.15) is 5.10 Å². The number of aromatic nitrogens is 3. The summed E-state index contributed by atoms with van der Waals surface area (Å²) in [6.07, 6.45) is 2.57. The highest BCUT2D eigenvalue weighted by molar-refractivity contribution is 8.13. The molecule has 0 amide bonds. The first-order valence-electron chi connectivity index (χ1n) is 4.77. The molecule has 0 saturated heterocycles. The van der Waals surface area contributed by atoms with E-state index in [4.69, 9.17) is 4.84 Å². The zero-order chi connectivity index (χ0) is 10.9. The first kappa shape index (κ1) is 10.5. The normalized spacial score (nSPS) is 18.7. The summed E-state index contributed by atoms with van der Waals surface area (Å²) in [6.45, 7) is 4.06. The smallest absolute Gasteiger partial charge is 0.160 e. The van der Waals surface area contributed by atoms with Gasteiger partial charge in [0.1, 0.15) is 17.0 Å². The summed E-state index contributed by atoms with van der Waals surface area (Å²) in [5.41, 5.74) is -0.153. The first-order chi connectivity index (χ1) is 7.05. The molecule has 1 aliphatic heterocycles. The molecule has 0 radical (unpaired) electrons. The quantitative estimate of drug-likeness (QED) is 0.768. The van der Waals surface area contributed by atoms with Gasteiger partial charge in [0.15, 0.2) is 5.82 Å². The summed E-state index contributed by atoms with van der Waals surface area (Å²) in [5, 5.41) is 9.25. The van der Waals surface area contributed by atoms with Crippen LogP contribution < -0.4 is 0 Å². The highest BCUT2D eigenvalue weighted by Gasteiger charge is 2.29. The largest absolute Gasteiger partial charge is 0.389 e. The highest BCUT2D eigenvalue weighted by Crippen LogP contribution is 2.28. The monoisotopic (exact) mass is 226 g/mol. The lowest BCUT2D eigenvalue weighted by atomic mass is 10.1. The summed E-state index contributed by atoms with van der Waals surface area (Å²) in [5.74, 6) is 1.58. The minimum Gasteiger partial charge on any atom is -0.389 e. The van der Waals surface area contributed by atoms with Crippen molar-refractivity contribution in [3.05, 3.63) is 12.2 Å². The molecule has 1 aliphatic rings. The average Bonchev–Trinajstić information content (AvgIpc) is 2.69. The van der Waals surface area contributed by atoms with Gasteiger partial charge >= 0.3 is 0 Å². The topological polar surface area (TPSA) is 52.3 Å². The zero-order valence-electron chi connectivity index (χ0n) is 9.10. The summed E-state index contributed by atoms with van der Waals surface area (Å²) >= 11 is 1.64. The Morgan fingerprint density at radius 3 is 2.93 bits per heavy atom. The van der Waals surface area contributed by atoms with Crippen molar-refractivity contribution in [3.8, 4) is 0 Å². The Balaban J connectivity index is 1.85. The van der Waals surface area contributed by atoms with E-state index in [0.717, 1.165) is 23.0 Å². The maximum Gasteiger partial charge on any atom is 0.160 e. The van der Waals surface area contributed by atoms with Crippen molar-refractivity contribution < 1.29 is 4.84 Å². The van der Waals surface area contributed by atoms with E-state index in [1.54, 1.807) is 22.8 Å². The second kappa shape index (κ2) is 3.84. The second-order valence-corrected chi connectivity index (χ2v) is 5.18. The van der Waals surface area contributed by atoms with Gasteiger partial charge in [-0.1, -0.05) is 16.9 Å². The second-order valence-electron chi connectivity index (χ2n) is 4.14. The molecule has 2 heterocycles. The van der Waals surface area contributed by atoms with Crippen molar-refractivity contribution in [3.63, 3.8) is 0 Å². The molecule has 1 aromatic rings. The molecule has 0 N–H and O–H groups in total. The van der Waals surface area contributed by atoms with Crippen molar-refractivity contribution in [2.24, 2.45) is 12.2 Å². The minimum atomic E-state index is -0.153. The van der Waals surface area contributed by atoms with Crippen LogP contribution in [0.5, 0.6) is 0 Å². The van der Waals surface area contributed by atoms with Crippen LogP contribution in [0.3, 0.4) is 0 Å². The van der Waals surface area contributed by atoms with E-state index in [0.29, 0.717) is 0 Å². The van der Waals surface area contributed by atoms with Crippen molar-refractivity contribution in [1.82, 2.24) is 14.8 Å². The molecule has 0 aromatic carbocycles. The van der Waals surface area contributed by atoms with E-state index in [2.05, 4.69) is 15.2 Å². The van der Waals surface area contributed by atoms with Crippen molar-refractivity contribution in [2.45, 2.75) is 31.6 Å². The van der Waals surface area contributed by atoms with E-state index in [1.165, 1.54) is 0 Å². The van der Waals surface area contributed by atoms with Crippen LogP contribution in [0.15, 0.2) is 11.5 Å². The third-order valence-electron chi connectivity index (χ3n) is 1.99. The molecule has 15 heavy (non-hydrogen) atoms. The zero-order valence-corrected chi connectivity index (χ0v) is 9.91. The van der Waals surface area contributed by atoms with Crippen molar-refractivity contribution in [1.29, 1.82) is 0 Å². The Morgan fingerprint density at radius 2 is 2.40 bits per heavy atom. The lowest BCUT2D eigenvalue weighted by Crippen LogP contribution is -2.18. The number of thioether (sulfide) groups is 1. The maximum absolute atomic E-state index is 5.27. The van der Waals surface area contributed by atoms with Crippen LogP contribution >= 0.6 is 11.8 Å². The number of rotatable bonds is 2. The van der Waals surface area contributed by atoms with Crippen LogP contribution in [0.25, 0.3) is 0 Å². The van der Waals surface area contributed by atoms with Crippen LogP contribution in [-0.4, -0.2) is 25.4 Å². The molecule has 0 spiro atoms. The third-order valence-corrected chi connectivity index (χ3v) is 2.94. The number of nitrogens with zero attached hydrogens (tertiary/aromatic N) is 4. The standard InChI is InChI=1S/C9H14N4OS/c1-9(2)4-8(12-14-9)15-5-7-10-6-13(3)11-7/h6H,4-5H2,1-3H3. The SMILES string of the molecule is Cn1cnc(CSC2=NOC(C)(C)C2)n1. The van der Waals surface area contributed by atoms with Crippen molar-refractivity contribution >= 4 is 16.8 Å². The number of hydrogen-bond donors (Lipinski definition) is 0. The van der Waals surface area contributed by atoms with E-state index in [-0.39, 0.29) is 5.60 Å². The summed E-state index contributed by atoms with van der Waals surface area (Å²) < 4.78 is 1.70. The fourth-order valence-corrected chi connectivity index (χ4v) is 2.25. The number of hydrogen-bond acceptors (Lipinski definition) is 5. The van der Waals surface area contributed by atoms with E-state index >= 15 is 0 Å². The molecule has 6 heteroatoms. The Kier molecular flexibility index (Phi) is 2.68. The fraction of sp³-hybridized carbons (Fsp3) is 0.667. The predicted molar refractivity (Wildman–Crippen MR) is 59.5 cm³/mol. The van der Waals surface area contributed by atoms with E-state index < -0.39 is 0 Å². The third kappa shape index (κ3) is 2.71. The molecule has 0 atom stereocenters. The summed E-state index contributed by atoms with van der Waals surface area (Å²) in [4.78, 5) is 9.42. The molecule has 0 saturated carbocycles. The Labute approximate surface area is 92.9 Å². The molecule has 1 aromatic heterocycles. The Morgan fingerprint density at radius 1 is 1.60 bits per heavy atom. The average molecular weight is 226 g/mol. The van der Waals surface area contributed by atoms with Gasteiger partial charge in [0.2, 0.25) is 0 Å². The maximum atomic E-state index is 5.27. The van der Waals surface area contributed by atoms with Gasteiger partial charge in [0.05, 0.1) is 5.75 Å². The molecular weight excluding hydrogens is 212 g/mol. The van der Waals surface area contributed by atoms with E-state index in [9.17, 15) is 0 Å². The minimum absolute atomic E-state index is 0.153. The summed E-state index contributed by atoms with van der Waals surface area (Å²) in [6, 6.07) is 0. The van der Waals surface area contributed by atoms with Gasteiger partial charge in [-0.25, -0.2) is 4.98 Å². The molecule has 82 valence electrons. The van der Waals surface area contributed by atoms with Crippen LogP contribution in [0.1, 0.15) is 26.1 Å². The number of aryl methyl sites for hydroxylation is 1. The van der Waals surface area contributed by atoms with Crippen LogP contribution in [0.4, 0.5) is 0 Å². The molecule has 0 aliphatic carbocycles. The van der Waals surface area contributed by atoms with Crippen LogP contribution in [-0.2, 0) is 17.6 Å². The molecular formula is C9H14N4OS. The number of oxime groups is 1. The van der Waals surface area contributed by atoms with Gasteiger partial charge < -0.3 is 4.84 Å². The first-order valence-corrected chi connectivity index (χ1v) is 5.76. The van der Waals surface area contributed by atoms with Crippen LogP contribution in [0, 0.1) is 0 Å². The molecule has 5 nitrogen and oxygen atoms in total. The van der Waals surface area contributed by atoms with Gasteiger partial charge in [0.25, 0.3) is 0 Å². The predicted octanol–water partition coefficient (Wildman–Crippen LogP) is 1.56. The van der Waals surface area contributed by atoms with Gasteiger partial charge in [-0.15, -0.1) is 0 Å². The van der Waals surface area contributed by atoms with Gasteiger partial charge in [0, 0.05) is 13.5 Å². The highest BCUT2D eigenvalue weighted by atomic mass is 32.2. The van der Waals surface area contributed by atoms with Gasteiger partial charge in [-0.3, -0.25) is 4.68 Å². The molecule has 2 rings (SSSR count).